The molecule has 202 valence electrons. The van der Waals surface area contributed by atoms with E-state index in [1.165, 1.54) is 6.92 Å². The lowest BCUT2D eigenvalue weighted by Crippen LogP contribution is -2.49. The van der Waals surface area contributed by atoms with E-state index in [-0.39, 0.29) is 12.3 Å². The molecule has 1 aliphatic heterocycles. The van der Waals surface area contributed by atoms with Gasteiger partial charge in [-0.3, -0.25) is 24.5 Å². The smallest absolute Gasteiger partial charge is 0.319 e. The van der Waals surface area contributed by atoms with Crippen molar-refractivity contribution in [2.24, 2.45) is 17.8 Å². The largest absolute Gasteiger partial charge is 0.346 e. The van der Waals surface area contributed by atoms with E-state index in [0.29, 0.717) is 11.3 Å². The number of amides is 5. The van der Waals surface area contributed by atoms with Crippen LogP contribution in [0.4, 0.5) is 10.5 Å². The molecule has 1 saturated heterocycles. The predicted octanol–water partition coefficient (Wildman–Crippen LogP) is 3.71. The summed E-state index contributed by atoms with van der Waals surface area (Å²) in [7, 11) is 0. The highest BCUT2D eigenvalue weighted by Crippen LogP contribution is 2.25. The maximum atomic E-state index is 13.2. The first kappa shape index (κ1) is 27.5. The van der Waals surface area contributed by atoms with Gasteiger partial charge in [-0.15, -0.1) is 0 Å². The number of anilines is 1. The monoisotopic (exact) mass is 528 g/mol. The molecule has 0 saturated carbocycles. The summed E-state index contributed by atoms with van der Waals surface area (Å²) in [6, 6.07) is 20.2. The van der Waals surface area contributed by atoms with Crippen molar-refractivity contribution in [3.05, 3.63) is 78.4 Å². The van der Waals surface area contributed by atoms with Crippen LogP contribution in [0.25, 0.3) is 10.8 Å². The molecule has 1 unspecified atom stereocenters. The fourth-order valence-electron chi connectivity index (χ4n) is 4.83. The van der Waals surface area contributed by atoms with E-state index in [2.05, 4.69) is 21.3 Å². The molecule has 1 heterocycles. The summed E-state index contributed by atoms with van der Waals surface area (Å²) in [6.07, 6.45) is -0.144. The Kier molecular flexibility index (Phi) is 8.39. The van der Waals surface area contributed by atoms with Crippen LogP contribution in [-0.4, -0.2) is 35.6 Å². The first-order valence-corrected chi connectivity index (χ1v) is 12.9. The molecule has 1 aliphatic rings. The van der Waals surface area contributed by atoms with Gasteiger partial charge in [-0.1, -0.05) is 87.5 Å². The summed E-state index contributed by atoms with van der Waals surface area (Å²) < 4.78 is 0. The number of benzene rings is 3. The molecule has 0 radical (unpaired) electrons. The minimum Gasteiger partial charge on any atom is -0.346 e. The maximum Gasteiger partial charge on any atom is 0.319 e. The summed E-state index contributed by atoms with van der Waals surface area (Å²) in [5.74, 6) is -4.41. The number of urea groups is 1. The van der Waals surface area contributed by atoms with Crippen molar-refractivity contribution >= 4 is 46.0 Å². The Hall–Kier alpha value is -4.53. The van der Waals surface area contributed by atoms with Crippen LogP contribution in [0.3, 0.4) is 0 Å². The van der Waals surface area contributed by atoms with Crippen molar-refractivity contribution in [1.82, 2.24) is 16.0 Å². The van der Waals surface area contributed by atoms with E-state index in [4.69, 9.17) is 0 Å². The Morgan fingerprint density at radius 3 is 2.18 bits per heavy atom. The highest BCUT2D eigenvalue weighted by molar-refractivity contribution is 6.16. The highest BCUT2D eigenvalue weighted by atomic mass is 16.2. The van der Waals surface area contributed by atoms with E-state index in [1.807, 2.05) is 54.6 Å². The quantitative estimate of drug-likeness (QED) is 0.248. The molecule has 0 bridgehead atoms. The van der Waals surface area contributed by atoms with Gasteiger partial charge in [0, 0.05) is 5.39 Å². The van der Waals surface area contributed by atoms with Gasteiger partial charge in [-0.2, -0.15) is 0 Å². The van der Waals surface area contributed by atoms with Crippen LogP contribution in [0.2, 0.25) is 0 Å². The Labute approximate surface area is 226 Å². The number of Topliss-reactive ketones (excluding diaryl/α,β-unsaturated/α-hetero) is 1. The molecule has 4 N–H and O–H groups in total. The Bertz CT molecular complexity index is 1400. The minimum absolute atomic E-state index is 0.144. The third kappa shape index (κ3) is 6.31. The number of fused-ring (bicyclic) bond motifs is 1. The molecule has 9 heteroatoms. The van der Waals surface area contributed by atoms with Crippen molar-refractivity contribution in [2.75, 3.05) is 5.32 Å². The second-order valence-corrected chi connectivity index (χ2v) is 10.1. The first-order chi connectivity index (χ1) is 18.7. The van der Waals surface area contributed by atoms with Gasteiger partial charge in [0.05, 0.1) is 30.1 Å². The molecular weight excluding hydrogens is 496 g/mol. The first-order valence-electron chi connectivity index (χ1n) is 12.9. The van der Waals surface area contributed by atoms with Gasteiger partial charge < -0.3 is 16.0 Å². The third-order valence-electron chi connectivity index (χ3n) is 6.97. The van der Waals surface area contributed by atoms with Gasteiger partial charge in [-0.05, 0) is 22.9 Å². The minimum atomic E-state index is -1.15. The Balaban J connectivity index is 1.49. The van der Waals surface area contributed by atoms with Crippen molar-refractivity contribution < 1.29 is 24.0 Å². The van der Waals surface area contributed by atoms with E-state index in [1.54, 1.807) is 32.0 Å². The Morgan fingerprint density at radius 2 is 1.51 bits per heavy atom. The zero-order valence-corrected chi connectivity index (χ0v) is 22.1. The van der Waals surface area contributed by atoms with Crippen LogP contribution in [0, 0.1) is 17.8 Å². The summed E-state index contributed by atoms with van der Waals surface area (Å²) >= 11 is 0. The lowest BCUT2D eigenvalue weighted by molar-refractivity contribution is -0.137. The molecular formula is C30H32N4O5. The number of imide groups is 1. The van der Waals surface area contributed by atoms with Crippen LogP contribution in [0.1, 0.15) is 38.8 Å². The van der Waals surface area contributed by atoms with Gasteiger partial charge in [0.25, 0.3) is 0 Å². The van der Waals surface area contributed by atoms with Gasteiger partial charge in [-0.25, -0.2) is 4.79 Å². The summed E-state index contributed by atoms with van der Waals surface area (Å²) in [5.41, 5.74) is 1.34. The number of hydrogen-bond acceptors (Lipinski definition) is 5. The molecule has 0 spiro atoms. The molecule has 9 nitrogen and oxygen atoms in total. The van der Waals surface area contributed by atoms with Gasteiger partial charge in [0.1, 0.15) is 5.92 Å². The topological polar surface area (TPSA) is 133 Å². The third-order valence-corrected chi connectivity index (χ3v) is 6.97. The van der Waals surface area contributed by atoms with Crippen LogP contribution in [0.5, 0.6) is 0 Å². The van der Waals surface area contributed by atoms with Crippen LogP contribution >= 0.6 is 0 Å². The van der Waals surface area contributed by atoms with E-state index >= 15 is 0 Å². The number of ketones is 1. The predicted molar refractivity (Wildman–Crippen MR) is 147 cm³/mol. The van der Waals surface area contributed by atoms with E-state index < -0.39 is 53.5 Å². The molecule has 5 amide bonds. The molecule has 0 aromatic heterocycles. The van der Waals surface area contributed by atoms with Crippen molar-refractivity contribution in [2.45, 2.75) is 39.3 Å². The Morgan fingerprint density at radius 1 is 0.846 bits per heavy atom. The molecule has 4 atom stereocenters. The molecule has 1 fully saturated rings. The summed E-state index contributed by atoms with van der Waals surface area (Å²) in [5, 5.41) is 12.5. The lowest BCUT2D eigenvalue weighted by Gasteiger charge is -2.26. The zero-order valence-electron chi connectivity index (χ0n) is 22.1. The average molecular weight is 529 g/mol. The fourth-order valence-corrected chi connectivity index (χ4v) is 4.83. The van der Waals surface area contributed by atoms with Crippen molar-refractivity contribution in [1.29, 1.82) is 0 Å². The second-order valence-electron chi connectivity index (χ2n) is 10.1. The van der Waals surface area contributed by atoms with Crippen LogP contribution < -0.4 is 21.3 Å². The number of nitrogens with one attached hydrogen (secondary N) is 4. The van der Waals surface area contributed by atoms with Crippen molar-refractivity contribution in [3.8, 4) is 0 Å². The van der Waals surface area contributed by atoms with Crippen LogP contribution in [0.15, 0.2) is 72.8 Å². The maximum absolute atomic E-state index is 13.2. The fraction of sp³-hybridized carbons (Fsp3) is 0.300. The van der Waals surface area contributed by atoms with Gasteiger partial charge in [0.2, 0.25) is 17.7 Å². The normalized spacial score (nSPS) is 18.4. The molecule has 4 rings (SSSR count). The molecule has 3 aromatic rings. The number of rotatable bonds is 9. The van der Waals surface area contributed by atoms with E-state index in [9.17, 15) is 24.0 Å². The molecule has 39 heavy (non-hydrogen) atoms. The van der Waals surface area contributed by atoms with Crippen molar-refractivity contribution in [3.63, 3.8) is 0 Å². The SMILES string of the molecule is CC(C)[C@H](NC(=O)CC(NC(=O)Nc1cccc2ccccc12)c1ccccc1)C(=O)[C@@H]1C(=O)NC(=O)[C@H]1C. The lowest BCUT2D eigenvalue weighted by atomic mass is 9.85. The second kappa shape index (κ2) is 11.9. The standard InChI is InChI=1S/C30H32N4O5/c1-17(2)26(27(36)25-18(3)28(37)34-29(25)38)33-24(35)16-23(20-11-5-4-6-12-20)32-30(39)31-22-15-9-13-19-10-7-8-14-21(19)22/h4-15,17-18,23,25-26H,16H2,1-3H3,(H,33,35)(H2,31,32,39)(H,34,37,38)/t18-,23?,25+,26-/m0/s1. The van der Waals surface area contributed by atoms with Gasteiger partial charge >= 0.3 is 6.03 Å². The number of hydrogen-bond donors (Lipinski definition) is 4. The van der Waals surface area contributed by atoms with Gasteiger partial charge in [0.15, 0.2) is 5.78 Å². The summed E-state index contributed by atoms with van der Waals surface area (Å²) in [6.45, 7) is 5.03. The zero-order chi connectivity index (χ0) is 28.1. The molecule has 3 aromatic carbocycles. The van der Waals surface area contributed by atoms with Crippen LogP contribution in [-0.2, 0) is 19.2 Å². The molecule has 0 aliphatic carbocycles. The average Bonchev–Trinajstić information content (AvgIpc) is 3.17. The number of carbonyl (C=O) groups excluding carboxylic acids is 5. The van der Waals surface area contributed by atoms with E-state index in [0.717, 1.165) is 10.8 Å². The summed E-state index contributed by atoms with van der Waals surface area (Å²) in [4.78, 5) is 63.6. The highest BCUT2D eigenvalue weighted by Gasteiger charge is 2.46. The number of carbonyl (C=O) groups is 5.